The second-order valence-electron chi connectivity index (χ2n) is 4.75. The van der Waals surface area contributed by atoms with Gasteiger partial charge in [-0.15, -0.1) is 0 Å². The Morgan fingerprint density at radius 3 is 2.63 bits per heavy atom. The van der Waals surface area contributed by atoms with Gasteiger partial charge >= 0.3 is 0 Å². The molecule has 1 aromatic carbocycles. The van der Waals surface area contributed by atoms with E-state index < -0.39 is 10.0 Å². The van der Waals surface area contributed by atoms with Crippen molar-refractivity contribution in [3.63, 3.8) is 0 Å². The summed E-state index contributed by atoms with van der Waals surface area (Å²) in [5.74, 6) is 0.364. The van der Waals surface area contributed by atoms with E-state index in [0.29, 0.717) is 18.0 Å². The number of anilines is 1. The van der Waals surface area contributed by atoms with Crippen LogP contribution >= 0.6 is 0 Å². The zero-order valence-corrected chi connectivity index (χ0v) is 12.1. The summed E-state index contributed by atoms with van der Waals surface area (Å²) >= 11 is 0. The monoisotopic (exact) mass is 284 g/mol. The highest BCUT2D eigenvalue weighted by Crippen LogP contribution is 2.33. The van der Waals surface area contributed by atoms with Crippen LogP contribution in [0.3, 0.4) is 0 Å². The number of sulfonamides is 1. The van der Waals surface area contributed by atoms with Crippen LogP contribution in [0.1, 0.15) is 26.2 Å². The highest BCUT2D eigenvalue weighted by atomic mass is 32.2. The van der Waals surface area contributed by atoms with Crippen molar-refractivity contribution in [1.82, 2.24) is 4.31 Å². The average molecular weight is 284 g/mol. The van der Waals surface area contributed by atoms with E-state index in [-0.39, 0.29) is 10.9 Å². The van der Waals surface area contributed by atoms with Gasteiger partial charge in [0.15, 0.2) is 0 Å². The lowest BCUT2D eigenvalue weighted by atomic mass is 9.94. The summed E-state index contributed by atoms with van der Waals surface area (Å²) < 4.78 is 32.0. The molecule has 0 amide bonds. The second-order valence-corrected chi connectivity index (χ2v) is 6.71. The molecule has 0 spiro atoms. The minimum Gasteiger partial charge on any atom is -0.492 e. The van der Waals surface area contributed by atoms with Gasteiger partial charge in [0, 0.05) is 18.8 Å². The van der Waals surface area contributed by atoms with Crippen LogP contribution in [0.25, 0.3) is 0 Å². The first-order chi connectivity index (χ1) is 8.96. The molecule has 5 nitrogen and oxygen atoms in total. The number of nitrogens with zero attached hydrogens (tertiary/aromatic N) is 1. The molecule has 1 aliphatic rings. The van der Waals surface area contributed by atoms with E-state index in [0.717, 1.165) is 19.3 Å². The van der Waals surface area contributed by atoms with E-state index in [1.165, 1.54) is 10.4 Å². The van der Waals surface area contributed by atoms with Crippen LogP contribution in [0.15, 0.2) is 23.1 Å². The Kier molecular flexibility index (Phi) is 4.01. The van der Waals surface area contributed by atoms with Gasteiger partial charge in [-0.2, -0.15) is 4.31 Å². The molecule has 2 rings (SSSR count). The third-order valence-corrected chi connectivity index (χ3v) is 5.44. The van der Waals surface area contributed by atoms with E-state index >= 15 is 0 Å². The molecule has 1 fully saturated rings. The molecule has 6 heteroatoms. The molecule has 2 N–H and O–H groups in total. The lowest BCUT2D eigenvalue weighted by Gasteiger charge is -2.34. The van der Waals surface area contributed by atoms with Gasteiger partial charge in [-0.3, -0.25) is 0 Å². The van der Waals surface area contributed by atoms with Crippen molar-refractivity contribution < 1.29 is 13.2 Å². The standard InChI is InChI=1S/C13H20N2O3S/c1-3-18-12-8-7-10(14)9-13(12)19(16,17)15(2)11-5-4-6-11/h7-9,11H,3-6,14H2,1-2H3. The minimum atomic E-state index is -3.55. The Morgan fingerprint density at radius 2 is 2.11 bits per heavy atom. The molecule has 0 aromatic heterocycles. The Labute approximate surface area is 114 Å². The Morgan fingerprint density at radius 1 is 1.42 bits per heavy atom. The van der Waals surface area contributed by atoms with Crippen LogP contribution in [-0.4, -0.2) is 32.4 Å². The molecule has 0 unspecified atom stereocenters. The molecule has 0 heterocycles. The van der Waals surface area contributed by atoms with Gasteiger partial charge in [-0.25, -0.2) is 8.42 Å². The Hall–Kier alpha value is -1.27. The fraction of sp³-hybridized carbons (Fsp3) is 0.538. The first-order valence-corrected chi connectivity index (χ1v) is 7.91. The van der Waals surface area contributed by atoms with Crippen LogP contribution in [0.2, 0.25) is 0 Å². The lowest BCUT2D eigenvalue weighted by Crippen LogP contribution is -2.41. The van der Waals surface area contributed by atoms with E-state index in [1.807, 2.05) is 6.92 Å². The van der Waals surface area contributed by atoms with Gasteiger partial charge in [0.05, 0.1) is 6.61 Å². The third-order valence-electron chi connectivity index (χ3n) is 3.51. The number of rotatable bonds is 5. The van der Waals surface area contributed by atoms with Crippen LogP contribution in [0.5, 0.6) is 5.75 Å². The smallest absolute Gasteiger partial charge is 0.246 e. The number of ether oxygens (including phenoxy) is 1. The number of nitrogen functional groups attached to an aromatic ring is 1. The maximum absolute atomic E-state index is 12.6. The van der Waals surface area contributed by atoms with Crippen molar-refractivity contribution in [1.29, 1.82) is 0 Å². The van der Waals surface area contributed by atoms with Gasteiger partial charge in [0.1, 0.15) is 10.6 Å². The summed E-state index contributed by atoms with van der Waals surface area (Å²) in [5.41, 5.74) is 6.12. The molecular formula is C13H20N2O3S. The SMILES string of the molecule is CCOc1ccc(N)cc1S(=O)(=O)N(C)C1CCC1. The minimum absolute atomic E-state index is 0.0981. The van der Waals surface area contributed by atoms with Crippen LogP contribution < -0.4 is 10.5 Å². The van der Waals surface area contributed by atoms with E-state index in [2.05, 4.69) is 0 Å². The summed E-state index contributed by atoms with van der Waals surface area (Å²) in [6.07, 6.45) is 2.92. The fourth-order valence-corrected chi connectivity index (χ4v) is 3.68. The number of benzene rings is 1. The second kappa shape index (κ2) is 5.38. The predicted molar refractivity (Wildman–Crippen MR) is 74.6 cm³/mol. The van der Waals surface area contributed by atoms with Crippen molar-refractivity contribution in [2.24, 2.45) is 0 Å². The maximum Gasteiger partial charge on any atom is 0.246 e. The predicted octanol–water partition coefficient (Wildman–Crippen LogP) is 1.84. The quantitative estimate of drug-likeness (QED) is 0.837. The zero-order chi connectivity index (χ0) is 14.0. The van der Waals surface area contributed by atoms with Gasteiger partial charge in [0.2, 0.25) is 10.0 Å². The summed E-state index contributed by atoms with van der Waals surface area (Å²) in [4.78, 5) is 0.156. The number of hydrogen-bond donors (Lipinski definition) is 1. The van der Waals surface area contributed by atoms with Gasteiger partial charge in [-0.05, 0) is 38.0 Å². The molecule has 0 bridgehead atoms. The lowest BCUT2D eigenvalue weighted by molar-refractivity contribution is 0.248. The maximum atomic E-state index is 12.6. The van der Waals surface area contributed by atoms with Gasteiger partial charge in [-0.1, -0.05) is 6.42 Å². The first-order valence-electron chi connectivity index (χ1n) is 6.47. The van der Waals surface area contributed by atoms with Crippen LogP contribution in [0.4, 0.5) is 5.69 Å². The van der Waals surface area contributed by atoms with Crippen molar-refractivity contribution >= 4 is 15.7 Å². The highest BCUT2D eigenvalue weighted by molar-refractivity contribution is 7.89. The van der Waals surface area contributed by atoms with Gasteiger partial charge in [0.25, 0.3) is 0 Å². The molecule has 19 heavy (non-hydrogen) atoms. The topological polar surface area (TPSA) is 72.6 Å². The van der Waals surface area contributed by atoms with Crippen LogP contribution in [0, 0.1) is 0 Å². The summed E-state index contributed by atoms with van der Waals surface area (Å²) in [6.45, 7) is 2.24. The van der Waals surface area contributed by atoms with E-state index in [4.69, 9.17) is 10.5 Å². The average Bonchev–Trinajstić information content (AvgIpc) is 2.29. The van der Waals surface area contributed by atoms with Gasteiger partial charge < -0.3 is 10.5 Å². The van der Waals surface area contributed by atoms with Crippen LogP contribution in [-0.2, 0) is 10.0 Å². The zero-order valence-electron chi connectivity index (χ0n) is 11.3. The molecule has 0 radical (unpaired) electrons. The highest BCUT2D eigenvalue weighted by Gasteiger charge is 2.33. The number of nitrogens with two attached hydrogens (primary N) is 1. The molecule has 1 aliphatic carbocycles. The number of hydrogen-bond acceptors (Lipinski definition) is 4. The first kappa shape index (κ1) is 14.1. The van der Waals surface area contributed by atoms with E-state index in [1.54, 1.807) is 19.2 Å². The molecule has 0 aliphatic heterocycles. The molecular weight excluding hydrogens is 264 g/mol. The summed E-state index contributed by atoms with van der Waals surface area (Å²) in [5, 5.41) is 0. The molecule has 0 saturated heterocycles. The molecule has 106 valence electrons. The van der Waals surface area contributed by atoms with Crippen molar-refractivity contribution in [2.45, 2.75) is 37.1 Å². The van der Waals surface area contributed by atoms with Crippen molar-refractivity contribution in [2.75, 3.05) is 19.4 Å². The molecule has 1 aromatic rings. The van der Waals surface area contributed by atoms with Crippen molar-refractivity contribution in [3.05, 3.63) is 18.2 Å². The van der Waals surface area contributed by atoms with E-state index in [9.17, 15) is 8.42 Å². The molecule has 0 atom stereocenters. The normalized spacial score (nSPS) is 16.4. The largest absolute Gasteiger partial charge is 0.492 e. The molecule has 1 saturated carbocycles. The third kappa shape index (κ3) is 2.69. The summed E-state index contributed by atoms with van der Waals surface area (Å²) in [6, 6.07) is 4.82. The fourth-order valence-electron chi connectivity index (χ4n) is 2.10. The summed E-state index contributed by atoms with van der Waals surface area (Å²) in [7, 11) is -1.92. The van der Waals surface area contributed by atoms with Crippen molar-refractivity contribution in [3.8, 4) is 5.75 Å². The Bertz CT molecular complexity index is 553. The Balaban J connectivity index is 2.40.